The first-order valence-electron chi connectivity index (χ1n) is 6.78. The summed E-state index contributed by atoms with van der Waals surface area (Å²) in [6.07, 6.45) is 3.57. The lowest BCUT2D eigenvalue weighted by Crippen LogP contribution is -2.29. The Bertz CT molecular complexity index is 442. The Morgan fingerprint density at radius 2 is 2.11 bits per heavy atom. The van der Waals surface area contributed by atoms with E-state index < -0.39 is 5.97 Å². The number of esters is 1. The molecule has 2 rings (SSSR count). The number of nitrogens with zero attached hydrogens (tertiary/aromatic N) is 2. The highest BCUT2D eigenvalue weighted by atomic mass is 16.5. The van der Waals surface area contributed by atoms with E-state index in [1.807, 2.05) is 6.07 Å². The fourth-order valence-electron chi connectivity index (χ4n) is 2.30. The van der Waals surface area contributed by atoms with Crippen molar-refractivity contribution in [3.63, 3.8) is 0 Å². The van der Waals surface area contributed by atoms with Crippen molar-refractivity contribution < 1.29 is 14.6 Å². The van der Waals surface area contributed by atoms with Gasteiger partial charge in [0.1, 0.15) is 0 Å². The summed E-state index contributed by atoms with van der Waals surface area (Å²) in [4.78, 5) is 18.1. The Balaban J connectivity index is 2.26. The lowest BCUT2D eigenvalue weighted by atomic mass is 10.1. The maximum absolute atomic E-state index is 11.8. The van der Waals surface area contributed by atoms with Crippen LogP contribution in [0.3, 0.4) is 0 Å². The van der Waals surface area contributed by atoms with E-state index in [9.17, 15) is 9.90 Å². The van der Waals surface area contributed by atoms with E-state index in [1.165, 1.54) is 6.42 Å². The molecule has 1 aliphatic heterocycles. The Kier molecular flexibility index (Phi) is 4.74. The number of ether oxygens (including phenoxy) is 1. The number of aromatic nitrogens is 1. The number of aliphatic hydroxyl groups is 1. The first-order chi connectivity index (χ1) is 9.24. The molecular weight excluding hydrogens is 244 g/mol. The topological polar surface area (TPSA) is 62.7 Å². The highest BCUT2D eigenvalue weighted by molar-refractivity contribution is 5.88. The molecule has 0 radical (unpaired) electrons. The Labute approximate surface area is 113 Å². The van der Waals surface area contributed by atoms with E-state index in [4.69, 9.17) is 4.74 Å². The number of aliphatic hydroxyl groups excluding tert-OH is 1. The van der Waals surface area contributed by atoms with Gasteiger partial charge in [-0.15, -0.1) is 0 Å². The average molecular weight is 264 g/mol. The molecule has 1 saturated heterocycles. The minimum atomic E-state index is -0.434. The summed E-state index contributed by atoms with van der Waals surface area (Å²) >= 11 is 0. The summed E-state index contributed by atoms with van der Waals surface area (Å²) < 4.78 is 4.97. The molecule has 0 amide bonds. The highest BCUT2D eigenvalue weighted by Gasteiger charge is 2.16. The first-order valence-corrected chi connectivity index (χ1v) is 6.78. The van der Waals surface area contributed by atoms with Crippen LogP contribution < -0.4 is 4.90 Å². The zero-order chi connectivity index (χ0) is 13.7. The Morgan fingerprint density at radius 3 is 2.74 bits per heavy atom. The van der Waals surface area contributed by atoms with Crippen molar-refractivity contribution in [2.75, 3.05) is 24.6 Å². The van der Waals surface area contributed by atoms with Gasteiger partial charge in [-0.05, 0) is 38.3 Å². The fraction of sp³-hybridized carbons (Fsp3) is 0.571. The van der Waals surface area contributed by atoms with Crippen LogP contribution in [0.25, 0.3) is 0 Å². The van der Waals surface area contributed by atoms with Gasteiger partial charge < -0.3 is 14.7 Å². The smallest absolute Gasteiger partial charge is 0.356 e. The summed E-state index contributed by atoms with van der Waals surface area (Å²) in [6.45, 7) is 3.88. The van der Waals surface area contributed by atoms with Gasteiger partial charge in [0.2, 0.25) is 0 Å². The molecule has 0 aliphatic carbocycles. The number of hydrogen-bond acceptors (Lipinski definition) is 5. The average Bonchev–Trinajstić information content (AvgIpc) is 2.48. The fourth-order valence-corrected chi connectivity index (χ4v) is 2.30. The van der Waals surface area contributed by atoms with Crippen molar-refractivity contribution in [2.24, 2.45) is 0 Å². The van der Waals surface area contributed by atoms with Gasteiger partial charge in [-0.1, -0.05) is 0 Å². The van der Waals surface area contributed by atoms with Crippen LogP contribution in [0.15, 0.2) is 12.1 Å². The molecule has 0 unspecified atom stereocenters. The molecule has 0 atom stereocenters. The molecule has 1 N–H and O–H groups in total. The summed E-state index contributed by atoms with van der Waals surface area (Å²) in [5.74, 6) is -0.434. The van der Waals surface area contributed by atoms with Gasteiger partial charge >= 0.3 is 5.97 Å². The van der Waals surface area contributed by atoms with Crippen molar-refractivity contribution in [1.29, 1.82) is 0 Å². The largest absolute Gasteiger partial charge is 0.461 e. The molecule has 1 aromatic heterocycles. The van der Waals surface area contributed by atoms with E-state index >= 15 is 0 Å². The minimum absolute atomic E-state index is 0.173. The maximum Gasteiger partial charge on any atom is 0.356 e. The summed E-state index contributed by atoms with van der Waals surface area (Å²) in [5.41, 5.74) is 1.72. The lowest BCUT2D eigenvalue weighted by molar-refractivity contribution is 0.0519. The zero-order valence-corrected chi connectivity index (χ0v) is 11.3. The van der Waals surface area contributed by atoms with Crippen LogP contribution in [-0.4, -0.2) is 35.8 Å². The van der Waals surface area contributed by atoms with Crippen molar-refractivity contribution in [3.8, 4) is 0 Å². The SMILES string of the molecule is CCOC(=O)c1cc(N2CCCCC2)cc(CO)n1. The molecule has 2 heterocycles. The molecule has 104 valence electrons. The molecule has 1 aromatic rings. The summed E-state index contributed by atoms with van der Waals surface area (Å²) in [7, 11) is 0. The van der Waals surface area contributed by atoms with Gasteiger partial charge in [-0.25, -0.2) is 9.78 Å². The van der Waals surface area contributed by atoms with Gasteiger partial charge in [-0.3, -0.25) is 0 Å². The Hall–Kier alpha value is -1.62. The third-order valence-electron chi connectivity index (χ3n) is 3.23. The zero-order valence-electron chi connectivity index (χ0n) is 11.3. The van der Waals surface area contributed by atoms with Gasteiger partial charge in [0.25, 0.3) is 0 Å². The second kappa shape index (κ2) is 6.52. The van der Waals surface area contributed by atoms with Gasteiger partial charge in [0, 0.05) is 18.8 Å². The molecule has 0 bridgehead atoms. The molecule has 5 nitrogen and oxygen atoms in total. The number of piperidine rings is 1. The number of rotatable bonds is 4. The number of carbonyl (C=O) groups is 1. The second-order valence-corrected chi connectivity index (χ2v) is 4.63. The molecule has 1 fully saturated rings. The van der Waals surface area contributed by atoms with Crippen molar-refractivity contribution >= 4 is 11.7 Å². The van der Waals surface area contributed by atoms with Crippen LogP contribution in [0.5, 0.6) is 0 Å². The highest BCUT2D eigenvalue weighted by Crippen LogP contribution is 2.22. The number of hydrogen-bond donors (Lipinski definition) is 1. The van der Waals surface area contributed by atoms with Crippen LogP contribution in [0, 0.1) is 0 Å². The van der Waals surface area contributed by atoms with E-state index in [1.54, 1.807) is 13.0 Å². The third kappa shape index (κ3) is 3.44. The van der Waals surface area contributed by atoms with Gasteiger partial charge in [0.05, 0.1) is 18.9 Å². The van der Waals surface area contributed by atoms with Crippen LogP contribution in [-0.2, 0) is 11.3 Å². The van der Waals surface area contributed by atoms with E-state index in [2.05, 4.69) is 9.88 Å². The number of pyridine rings is 1. The summed E-state index contributed by atoms with van der Waals surface area (Å²) in [6, 6.07) is 3.59. The molecule has 19 heavy (non-hydrogen) atoms. The van der Waals surface area contributed by atoms with Crippen LogP contribution in [0.1, 0.15) is 42.4 Å². The maximum atomic E-state index is 11.8. The van der Waals surface area contributed by atoms with Crippen LogP contribution in [0.2, 0.25) is 0 Å². The quantitative estimate of drug-likeness (QED) is 0.839. The van der Waals surface area contributed by atoms with Gasteiger partial charge in [0.15, 0.2) is 5.69 Å². The van der Waals surface area contributed by atoms with Crippen LogP contribution in [0.4, 0.5) is 5.69 Å². The van der Waals surface area contributed by atoms with Crippen molar-refractivity contribution in [2.45, 2.75) is 32.8 Å². The van der Waals surface area contributed by atoms with E-state index in [0.29, 0.717) is 12.3 Å². The molecule has 0 spiro atoms. The molecular formula is C14H20N2O3. The molecule has 0 aromatic carbocycles. The van der Waals surface area contributed by atoms with Crippen LogP contribution >= 0.6 is 0 Å². The third-order valence-corrected chi connectivity index (χ3v) is 3.23. The molecule has 0 saturated carbocycles. The van der Waals surface area contributed by atoms with Gasteiger partial charge in [-0.2, -0.15) is 0 Å². The second-order valence-electron chi connectivity index (χ2n) is 4.63. The monoisotopic (exact) mass is 264 g/mol. The minimum Gasteiger partial charge on any atom is -0.461 e. The summed E-state index contributed by atoms with van der Waals surface area (Å²) in [5, 5.41) is 9.26. The lowest BCUT2D eigenvalue weighted by Gasteiger charge is -2.29. The number of carbonyl (C=O) groups excluding carboxylic acids is 1. The normalized spacial score (nSPS) is 15.4. The predicted octanol–water partition coefficient (Wildman–Crippen LogP) is 1.74. The number of anilines is 1. The Morgan fingerprint density at radius 1 is 1.37 bits per heavy atom. The predicted molar refractivity (Wildman–Crippen MR) is 72.2 cm³/mol. The standard InChI is InChI=1S/C14H20N2O3/c1-2-19-14(18)13-9-12(8-11(10-17)15-13)16-6-4-3-5-7-16/h8-9,17H,2-7,10H2,1H3. The van der Waals surface area contributed by atoms with Crippen molar-refractivity contribution in [3.05, 3.63) is 23.5 Å². The first kappa shape index (κ1) is 13.8. The van der Waals surface area contributed by atoms with E-state index in [0.717, 1.165) is 31.6 Å². The van der Waals surface area contributed by atoms with Crippen molar-refractivity contribution in [1.82, 2.24) is 4.98 Å². The molecule has 5 heteroatoms. The van der Waals surface area contributed by atoms with E-state index in [-0.39, 0.29) is 12.3 Å². The molecule has 1 aliphatic rings.